The van der Waals surface area contributed by atoms with E-state index in [0.29, 0.717) is 5.78 Å². The number of aryl methyl sites for hydroxylation is 1. The molecule has 1 atom stereocenters. The van der Waals surface area contributed by atoms with Crippen molar-refractivity contribution < 1.29 is 4.90 Å². The molecule has 1 aliphatic heterocycles. The van der Waals surface area contributed by atoms with Crippen molar-refractivity contribution in [1.29, 1.82) is 0 Å². The first-order valence-electron chi connectivity index (χ1n) is 11.2. The van der Waals surface area contributed by atoms with E-state index in [2.05, 4.69) is 45.9 Å². The Bertz CT molecular complexity index is 1500. The Hall–Kier alpha value is -2.94. The highest BCUT2D eigenvalue weighted by atomic mass is 32.2. The lowest BCUT2D eigenvalue weighted by Crippen LogP contribution is -3.08. The summed E-state index contributed by atoms with van der Waals surface area (Å²) >= 11 is 3.43. The molecule has 0 saturated heterocycles. The van der Waals surface area contributed by atoms with Crippen molar-refractivity contribution in [2.75, 3.05) is 19.3 Å². The predicted octanol–water partition coefficient (Wildman–Crippen LogP) is 3.00. The molecule has 33 heavy (non-hydrogen) atoms. The number of nitrogens with one attached hydrogen (secondary N) is 1. The van der Waals surface area contributed by atoms with Crippen LogP contribution in [0, 0.1) is 0 Å². The SMILES string of the molecule is C[NH+]1CCc2c(sc3c2c(=O)n(-c2ccccc2)c2nnc(SCCc4ccccc4)n32)C1. The molecular formula is C25H24N5OS2+. The average molecular weight is 475 g/mol. The van der Waals surface area contributed by atoms with Gasteiger partial charge in [-0.05, 0) is 29.7 Å². The molecule has 2 aromatic carbocycles. The summed E-state index contributed by atoms with van der Waals surface area (Å²) in [6, 6.07) is 20.3. The van der Waals surface area contributed by atoms with E-state index >= 15 is 0 Å². The summed E-state index contributed by atoms with van der Waals surface area (Å²) in [6.45, 7) is 2.00. The van der Waals surface area contributed by atoms with Crippen molar-refractivity contribution >= 4 is 39.1 Å². The van der Waals surface area contributed by atoms with Crippen molar-refractivity contribution in [2.45, 2.75) is 24.5 Å². The zero-order valence-electron chi connectivity index (χ0n) is 18.3. The van der Waals surface area contributed by atoms with Crippen LogP contribution in [0.2, 0.25) is 0 Å². The molecule has 5 aromatic rings. The Morgan fingerprint density at radius 1 is 1.06 bits per heavy atom. The summed E-state index contributed by atoms with van der Waals surface area (Å²) in [7, 11) is 2.22. The third-order valence-electron chi connectivity index (χ3n) is 6.25. The standard InChI is InChI=1S/C25H23N5OS2/c1-28-14-12-19-20(16-28)33-23-21(19)22(31)29(18-10-6-3-7-11-18)24-26-27-25(30(23)24)32-15-13-17-8-4-2-5-9-17/h2-11H,12-16H2,1H3/p+1. The summed E-state index contributed by atoms with van der Waals surface area (Å²) < 4.78 is 3.84. The minimum absolute atomic E-state index is 0.00832. The van der Waals surface area contributed by atoms with Gasteiger partial charge in [-0.25, -0.2) is 8.97 Å². The average Bonchev–Trinajstić information content (AvgIpc) is 3.42. The number of thiophene rings is 1. The maximum Gasteiger partial charge on any atom is 0.268 e. The zero-order chi connectivity index (χ0) is 22.4. The number of nitrogens with zero attached hydrogens (tertiary/aromatic N) is 4. The fourth-order valence-corrected chi connectivity index (χ4v) is 7.01. The summed E-state index contributed by atoms with van der Waals surface area (Å²) in [5, 5.41) is 10.7. The van der Waals surface area contributed by atoms with Crippen LogP contribution >= 0.6 is 23.1 Å². The lowest BCUT2D eigenvalue weighted by atomic mass is 10.1. The maximum absolute atomic E-state index is 13.8. The minimum atomic E-state index is 0.00832. The van der Waals surface area contributed by atoms with Crippen LogP contribution in [-0.2, 0) is 19.4 Å². The zero-order valence-corrected chi connectivity index (χ0v) is 20.0. The molecule has 0 spiro atoms. The Morgan fingerprint density at radius 2 is 1.82 bits per heavy atom. The molecule has 3 aromatic heterocycles. The summed E-state index contributed by atoms with van der Waals surface area (Å²) in [5.74, 6) is 1.48. The number of hydrogen-bond donors (Lipinski definition) is 1. The fraction of sp³-hybridized carbons (Fsp3) is 0.240. The fourth-order valence-electron chi connectivity index (χ4n) is 4.58. The van der Waals surface area contributed by atoms with Gasteiger partial charge in [-0.3, -0.25) is 4.79 Å². The van der Waals surface area contributed by atoms with Crippen LogP contribution in [0.3, 0.4) is 0 Å². The summed E-state index contributed by atoms with van der Waals surface area (Å²) in [5.41, 5.74) is 3.35. The van der Waals surface area contributed by atoms with Gasteiger partial charge in [0.2, 0.25) is 5.78 Å². The predicted molar refractivity (Wildman–Crippen MR) is 134 cm³/mol. The number of fused-ring (bicyclic) bond motifs is 5. The number of benzene rings is 2. The summed E-state index contributed by atoms with van der Waals surface area (Å²) in [4.78, 5) is 17.6. The first kappa shape index (κ1) is 20.7. The van der Waals surface area contributed by atoms with Gasteiger partial charge in [0.25, 0.3) is 5.56 Å². The maximum atomic E-state index is 13.8. The monoisotopic (exact) mass is 474 g/mol. The first-order valence-corrected chi connectivity index (χ1v) is 13.0. The lowest BCUT2D eigenvalue weighted by Gasteiger charge is -2.19. The highest BCUT2D eigenvalue weighted by molar-refractivity contribution is 7.99. The molecular weight excluding hydrogens is 450 g/mol. The first-order chi connectivity index (χ1) is 16.2. The van der Waals surface area contributed by atoms with Crippen LogP contribution in [0.4, 0.5) is 0 Å². The van der Waals surface area contributed by atoms with E-state index in [0.717, 1.165) is 52.7 Å². The second-order valence-electron chi connectivity index (χ2n) is 8.50. The normalized spacial score (nSPS) is 15.8. The van der Waals surface area contributed by atoms with Crippen LogP contribution in [0.5, 0.6) is 0 Å². The van der Waals surface area contributed by atoms with Gasteiger partial charge in [-0.2, -0.15) is 0 Å². The molecule has 8 heteroatoms. The van der Waals surface area contributed by atoms with E-state index < -0.39 is 0 Å². The molecule has 1 N–H and O–H groups in total. The second-order valence-corrected chi connectivity index (χ2v) is 10.6. The van der Waals surface area contributed by atoms with Crippen LogP contribution in [0.1, 0.15) is 16.0 Å². The molecule has 0 bridgehead atoms. The highest BCUT2D eigenvalue weighted by Gasteiger charge is 2.28. The second kappa shape index (κ2) is 8.44. The van der Waals surface area contributed by atoms with E-state index in [1.54, 1.807) is 27.7 Å². The van der Waals surface area contributed by atoms with E-state index in [4.69, 9.17) is 0 Å². The molecule has 6 rings (SSSR count). The molecule has 0 saturated carbocycles. The smallest absolute Gasteiger partial charge is 0.268 e. The molecule has 0 amide bonds. The quantitative estimate of drug-likeness (QED) is 0.398. The van der Waals surface area contributed by atoms with Crippen LogP contribution in [0.25, 0.3) is 21.7 Å². The molecule has 0 aliphatic carbocycles. The van der Waals surface area contributed by atoms with Gasteiger partial charge in [0.1, 0.15) is 11.4 Å². The van der Waals surface area contributed by atoms with Crippen molar-refractivity contribution in [3.8, 4) is 5.69 Å². The Balaban J connectivity index is 1.53. The number of para-hydroxylation sites is 1. The van der Waals surface area contributed by atoms with Gasteiger partial charge in [0.15, 0.2) is 5.16 Å². The van der Waals surface area contributed by atoms with Gasteiger partial charge in [-0.15, -0.1) is 21.5 Å². The van der Waals surface area contributed by atoms with Crippen molar-refractivity contribution in [1.82, 2.24) is 19.2 Å². The molecule has 0 radical (unpaired) electrons. The summed E-state index contributed by atoms with van der Waals surface area (Å²) in [6.07, 6.45) is 1.88. The van der Waals surface area contributed by atoms with Gasteiger partial charge >= 0.3 is 0 Å². The number of rotatable bonds is 5. The molecule has 1 unspecified atom stereocenters. The number of likely N-dealkylation sites (N-methyl/N-ethyl adjacent to an activating group) is 1. The molecule has 6 nitrogen and oxygen atoms in total. The van der Waals surface area contributed by atoms with E-state index in [9.17, 15) is 4.79 Å². The van der Waals surface area contributed by atoms with Gasteiger partial charge in [0.05, 0.1) is 29.5 Å². The van der Waals surface area contributed by atoms with Crippen molar-refractivity contribution in [3.63, 3.8) is 0 Å². The third-order valence-corrected chi connectivity index (χ3v) is 8.40. The van der Waals surface area contributed by atoms with Crippen molar-refractivity contribution in [3.05, 3.63) is 87.0 Å². The topological polar surface area (TPSA) is 56.6 Å². The van der Waals surface area contributed by atoms with Crippen LogP contribution < -0.4 is 10.5 Å². The number of hydrogen-bond acceptors (Lipinski definition) is 5. The van der Waals surface area contributed by atoms with Crippen molar-refractivity contribution in [2.24, 2.45) is 0 Å². The van der Waals surface area contributed by atoms with E-state index in [-0.39, 0.29) is 5.56 Å². The largest absolute Gasteiger partial charge is 0.333 e. The van der Waals surface area contributed by atoms with E-state index in [1.807, 2.05) is 36.4 Å². The minimum Gasteiger partial charge on any atom is -0.333 e. The number of quaternary nitrogens is 1. The highest BCUT2D eigenvalue weighted by Crippen LogP contribution is 2.33. The van der Waals surface area contributed by atoms with Gasteiger partial charge in [0, 0.05) is 12.2 Å². The molecule has 4 heterocycles. The van der Waals surface area contributed by atoms with Crippen LogP contribution in [-0.4, -0.2) is 38.5 Å². The van der Waals surface area contributed by atoms with Gasteiger partial charge in [-0.1, -0.05) is 60.3 Å². The molecule has 0 fully saturated rings. The lowest BCUT2D eigenvalue weighted by molar-refractivity contribution is -0.895. The Kier molecular flexibility index (Phi) is 5.28. The molecule has 166 valence electrons. The number of thioether (sulfide) groups is 1. The third kappa shape index (κ3) is 3.58. The van der Waals surface area contributed by atoms with E-state index in [1.165, 1.54) is 20.9 Å². The van der Waals surface area contributed by atoms with Gasteiger partial charge < -0.3 is 4.90 Å². The van der Waals surface area contributed by atoms with Crippen LogP contribution in [0.15, 0.2) is 70.6 Å². The Morgan fingerprint density at radius 3 is 2.61 bits per heavy atom. The number of aromatic nitrogens is 4. The Labute approximate surface area is 199 Å². The molecule has 1 aliphatic rings.